The minimum Gasteiger partial charge on any atom is -0.356 e. The van der Waals surface area contributed by atoms with E-state index in [0.29, 0.717) is 29.3 Å². The number of imidazole rings is 1. The molecular formula is C30H33ClN6O2S. The quantitative estimate of drug-likeness (QED) is 0.185. The summed E-state index contributed by atoms with van der Waals surface area (Å²) >= 11 is 7.71. The van der Waals surface area contributed by atoms with Crippen LogP contribution in [0.25, 0.3) is 11.0 Å². The number of nitrogens with one attached hydrogen (secondary N) is 1. The zero-order valence-corrected chi connectivity index (χ0v) is 23.9. The number of fused-ring (bicyclic) bond motifs is 1. The number of thioether (sulfide) groups is 1. The van der Waals surface area contributed by atoms with Gasteiger partial charge in [-0.15, -0.1) is 0 Å². The van der Waals surface area contributed by atoms with E-state index in [9.17, 15) is 9.59 Å². The summed E-state index contributed by atoms with van der Waals surface area (Å²) in [4.78, 5) is 41.8. The first-order chi connectivity index (χ1) is 19.5. The summed E-state index contributed by atoms with van der Waals surface area (Å²) in [5.74, 6) is 1.82. The molecule has 8 nitrogen and oxygen atoms in total. The first-order valence-electron chi connectivity index (χ1n) is 14.0. The Kier molecular flexibility index (Phi) is 8.11. The molecule has 2 fully saturated rings. The molecule has 0 unspecified atom stereocenters. The molecule has 10 heteroatoms. The largest absolute Gasteiger partial charge is 0.356 e. The fraction of sp³-hybridized carbons (Fsp3) is 0.400. The fourth-order valence-electron chi connectivity index (χ4n) is 5.95. The maximum atomic E-state index is 13.0. The maximum absolute atomic E-state index is 13.0. The Hall–Kier alpha value is -3.30. The van der Waals surface area contributed by atoms with Gasteiger partial charge in [-0.2, -0.15) is 0 Å². The highest BCUT2D eigenvalue weighted by Crippen LogP contribution is 2.29. The summed E-state index contributed by atoms with van der Waals surface area (Å²) in [5.41, 5.74) is 3.07. The zero-order valence-electron chi connectivity index (χ0n) is 22.3. The van der Waals surface area contributed by atoms with Crippen LogP contribution in [0.4, 0.5) is 5.82 Å². The van der Waals surface area contributed by atoms with Crippen molar-refractivity contribution < 1.29 is 4.79 Å². The normalized spacial score (nSPS) is 17.0. The molecule has 0 atom stereocenters. The smallest absolute Gasteiger partial charge is 0.326 e. The van der Waals surface area contributed by atoms with Crippen molar-refractivity contribution in [2.45, 2.75) is 43.3 Å². The number of H-pyrrole nitrogens is 1. The van der Waals surface area contributed by atoms with Gasteiger partial charge in [-0.05, 0) is 55.7 Å². The highest BCUT2D eigenvalue weighted by molar-refractivity contribution is 7.99. The number of nitrogens with zero attached hydrogens (tertiary/aromatic N) is 5. The lowest BCUT2D eigenvalue weighted by Gasteiger charge is -2.33. The number of anilines is 1. The molecule has 2 saturated heterocycles. The van der Waals surface area contributed by atoms with E-state index in [1.807, 2.05) is 39.8 Å². The molecule has 2 aliphatic rings. The van der Waals surface area contributed by atoms with Crippen LogP contribution in [0.15, 0.2) is 70.6 Å². The minimum atomic E-state index is -0.0872. The molecule has 2 aliphatic heterocycles. The van der Waals surface area contributed by atoms with E-state index in [-0.39, 0.29) is 23.4 Å². The number of amides is 1. The first-order valence-corrected chi connectivity index (χ1v) is 15.3. The number of halogens is 1. The van der Waals surface area contributed by atoms with Crippen molar-refractivity contribution in [2.75, 3.05) is 36.8 Å². The van der Waals surface area contributed by atoms with Gasteiger partial charge in [-0.3, -0.25) is 9.36 Å². The second kappa shape index (κ2) is 12.1. The molecule has 0 saturated carbocycles. The van der Waals surface area contributed by atoms with Gasteiger partial charge in [0.2, 0.25) is 5.91 Å². The van der Waals surface area contributed by atoms with Gasteiger partial charge < -0.3 is 14.8 Å². The summed E-state index contributed by atoms with van der Waals surface area (Å²) < 4.78 is 1.84. The van der Waals surface area contributed by atoms with E-state index in [0.717, 1.165) is 62.0 Å². The van der Waals surface area contributed by atoms with Crippen molar-refractivity contribution in [3.8, 4) is 0 Å². The van der Waals surface area contributed by atoms with Crippen molar-refractivity contribution in [3.05, 3.63) is 81.9 Å². The van der Waals surface area contributed by atoms with E-state index in [4.69, 9.17) is 16.6 Å². The third-order valence-electron chi connectivity index (χ3n) is 8.10. The summed E-state index contributed by atoms with van der Waals surface area (Å²) in [5, 5.41) is 0.929. The summed E-state index contributed by atoms with van der Waals surface area (Å²) in [6, 6.07) is 20.3. The van der Waals surface area contributed by atoms with Crippen molar-refractivity contribution in [1.82, 2.24) is 24.4 Å². The van der Waals surface area contributed by atoms with Crippen molar-refractivity contribution in [2.24, 2.45) is 5.92 Å². The first kappa shape index (κ1) is 26.9. The average molecular weight is 577 g/mol. The maximum Gasteiger partial charge on any atom is 0.326 e. The third kappa shape index (κ3) is 6.05. The van der Waals surface area contributed by atoms with Gasteiger partial charge >= 0.3 is 5.69 Å². The van der Waals surface area contributed by atoms with Gasteiger partial charge in [0.25, 0.3) is 0 Å². The van der Waals surface area contributed by atoms with E-state index in [1.54, 1.807) is 0 Å². The number of para-hydroxylation sites is 2. The molecule has 2 aromatic heterocycles. The highest BCUT2D eigenvalue weighted by atomic mass is 35.5. The topological polar surface area (TPSA) is 87.1 Å². The van der Waals surface area contributed by atoms with Crippen LogP contribution in [0.1, 0.15) is 37.3 Å². The van der Waals surface area contributed by atoms with Gasteiger partial charge in [0.05, 0.1) is 16.8 Å². The Balaban J connectivity index is 1.01. The SMILES string of the molecule is O=C(CSc1nc(Cl)cc(N2CCC(Cc3ccccc3)CC2)n1)N1CCC(n2c(=O)[nH]c3ccccc32)CC1. The van der Waals surface area contributed by atoms with Gasteiger partial charge in [0, 0.05) is 38.3 Å². The lowest BCUT2D eigenvalue weighted by molar-refractivity contribution is -0.129. The molecule has 4 aromatic rings. The number of aromatic amines is 1. The van der Waals surface area contributed by atoms with Gasteiger partial charge in [0.15, 0.2) is 5.16 Å². The average Bonchev–Trinajstić information content (AvgIpc) is 3.32. The molecule has 0 aliphatic carbocycles. The van der Waals surface area contributed by atoms with E-state index >= 15 is 0 Å². The van der Waals surface area contributed by atoms with Gasteiger partial charge in [-0.25, -0.2) is 14.8 Å². The Morgan fingerprint density at radius 1 is 0.950 bits per heavy atom. The van der Waals surface area contributed by atoms with E-state index in [2.05, 4.69) is 45.2 Å². The lowest BCUT2D eigenvalue weighted by Crippen LogP contribution is -2.41. The Morgan fingerprint density at radius 2 is 1.68 bits per heavy atom. The fourth-order valence-corrected chi connectivity index (χ4v) is 6.94. The highest BCUT2D eigenvalue weighted by Gasteiger charge is 2.27. The van der Waals surface area contributed by atoms with E-state index < -0.39 is 0 Å². The third-order valence-corrected chi connectivity index (χ3v) is 9.12. The number of aromatic nitrogens is 4. The minimum absolute atomic E-state index is 0.0570. The van der Waals surface area contributed by atoms with Crippen LogP contribution in [0.2, 0.25) is 5.15 Å². The molecule has 2 aromatic carbocycles. The zero-order chi connectivity index (χ0) is 27.5. The number of benzene rings is 2. The molecule has 1 N–H and O–H groups in total. The molecule has 40 heavy (non-hydrogen) atoms. The van der Waals surface area contributed by atoms with Crippen LogP contribution >= 0.6 is 23.4 Å². The predicted molar refractivity (Wildman–Crippen MR) is 160 cm³/mol. The molecular weight excluding hydrogens is 544 g/mol. The van der Waals surface area contributed by atoms with Gasteiger partial charge in [0.1, 0.15) is 11.0 Å². The number of rotatable bonds is 7. The number of hydrogen-bond acceptors (Lipinski definition) is 6. The predicted octanol–water partition coefficient (Wildman–Crippen LogP) is 5.19. The Morgan fingerprint density at radius 3 is 2.45 bits per heavy atom. The summed E-state index contributed by atoms with van der Waals surface area (Å²) in [7, 11) is 0. The Labute approximate surface area is 242 Å². The van der Waals surface area contributed by atoms with Crippen LogP contribution in [-0.4, -0.2) is 62.3 Å². The molecule has 0 spiro atoms. The molecule has 0 bridgehead atoms. The van der Waals surface area contributed by atoms with Crippen LogP contribution in [0, 0.1) is 5.92 Å². The number of carbonyl (C=O) groups is 1. The molecule has 4 heterocycles. The summed E-state index contributed by atoms with van der Waals surface area (Å²) in [6.45, 7) is 3.11. The molecule has 6 rings (SSSR count). The molecule has 1 amide bonds. The standard InChI is InChI=1S/C30H33ClN6O2S/c31-26-19-27(35-14-10-22(11-15-35)18-21-6-2-1-3-7-21)34-29(33-26)40-20-28(38)36-16-12-23(13-17-36)37-25-9-5-4-8-24(25)32-30(37)39/h1-9,19,22-23H,10-18,20H2,(H,32,39). The Bertz CT molecular complexity index is 1520. The van der Waals surface area contributed by atoms with Crippen molar-refractivity contribution >= 4 is 46.1 Å². The number of hydrogen-bond donors (Lipinski definition) is 1. The second-order valence-corrected chi connectivity index (χ2v) is 12.0. The number of carbonyl (C=O) groups excluding carboxylic acids is 1. The second-order valence-electron chi connectivity index (χ2n) is 10.7. The monoisotopic (exact) mass is 576 g/mol. The van der Waals surface area contributed by atoms with Gasteiger partial charge in [-0.1, -0.05) is 65.8 Å². The van der Waals surface area contributed by atoms with Crippen LogP contribution in [0.5, 0.6) is 0 Å². The van der Waals surface area contributed by atoms with Crippen LogP contribution in [-0.2, 0) is 11.2 Å². The molecule has 208 valence electrons. The van der Waals surface area contributed by atoms with E-state index in [1.165, 1.54) is 17.3 Å². The number of piperidine rings is 2. The summed E-state index contributed by atoms with van der Waals surface area (Å²) in [6.07, 6.45) is 4.82. The van der Waals surface area contributed by atoms with Crippen LogP contribution in [0.3, 0.4) is 0 Å². The lowest BCUT2D eigenvalue weighted by atomic mass is 9.90. The van der Waals surface area contributed by atoms with Crippen molar-refractivity contribution in [3.63, 3.8) is 0 Å². The number of likely N-dealkylation sites (tertiary alicyclic amines) is 1. The molecule has 0 radical (unpaired) electrons. The van der Waals surface area contributed by atoms with Crippen LogP contribution < -0.4 is 10.6 Å². The van der Waals surface area contributed by atoms with Crippen molar-refractivity contribution in [1.29, 1.82) is 0 Å².